The average molecular weight is 948 g/mol. The zero-order valence-electron chi connectivity index (χ0n) is 36.7. The first kappa shape index (κ1) is 45.3. The van der Waals surface area contributed by atoms with Crippen LogP contribution in [0.15, 0.2) is 89.9 Å². The number of benzene rings is 2. The number of amides is 3. The van der Waals surface area contributed by atoms with Crippen molar-refractivity contribution in [2.45, 2.75) is 44.4 Å². The van der Waals surface area contributed by atoms with Crippen LogP contribution < -0.4 is 20.4 Å². The van der Waals surface area contributed by atoms with Gasteiger partial charge in [0.15, 0.2) is 10.3 Å². The quantitative estimate of drug-likeness (QED) is 0.109. The van der Waals surface area contributed by atoms with Crippen LogP contribution in [0.5, 0.6) is 0 Å². The minimum Gasteiger partial charge on any atom is -0.393 e. The first-order chi connectivity index (χ1) is 32.1. The second-order valence-corrected chi connectivity index (χ2v) is 19.0. The van der Waals surface area contributed by atoms with Gasteiger partial charge in [0.25, 0.3) is 11.8 Å². The number of carbonyl (C=O) groups is 3. The number of hydrogen-bond acceptors (Lipinski definition) is 14. The fourth-order valence-electron chi connectivity index (χ4n) is 9.10. The van der Waals surface area contributed by atoms with E-state index in [0.29, 0.717) is 78.8 Å². The van der Waals surface area contributed by atoms with Crippen LogP contribution >= 0.6 is 34.3 Å². The lowest BCUT2D eigenvalue weighted by Gasteiger charge is -2.41. The summed E-state index contributed by atoms with van der Waals surface area (Å²) in [5, 5.41) is 21.0. The van der Waals surface area contributed by atoms with Crippen LogP contribution in [0.4, 0.5) is 21.6 Å². The number of piperazine rings is 1. The lowest BCUT2D eigenvalue weighted by atomic mass is 9.85. The number of halogens is 1. The zero-order chi connectivity index (χ0) is 45.7. The number of thiazole rings is 2. The van der Waals surface area contributed by atoms with E-state index in [9.17, 15) is 19.5 Å². The highest BCUT2D eigenvalue weighted by Gasteiger charge is 2.36. The van der Waals surface area contributed by atoms with Gasteiger partial charge in [0.1, 0.15) is 11.4 Å². The van der Waals surface area contributed by atoms with E-state index in [4.69, 9.17) is 21.3 Å². The highest BCUT2D eigenvalue weighted by atomic mass is 35.5. The lowest BCUT2D eigenvalue weighted by molar-refractivity contribution is -0.138. The molecule has 7 heterocycles. The maximum atomic E-state index is 14.0. The minimum absolute atomic E-state index is 0.0494. The zero-order valence-corrected chi connectivity index (χ0v) is 39.1. The molecule has 18 heteroatoms. The first-order valence-corrected chi connectivity index (χ1v) is 24.2. The SMILES string of the molecule is COCc1cccc(C2CCC(C(=O)N3CCN(c4ccc(C(=O)Nc5nc(-c6ccccc6Cl)cs5)nc4)CC3)CN2C)c1-c1csc(NC(=O)c2ccc(N3CCC(O)CC3)cn2)n1. The van der Waals surface area contributed by atoms with Crippen molar-refractivity contribution >= 4 is 73.6 Å². The average Bonchev–Trinajstić information content (AvgIpc) is 4.01. The van der Waals surface area contributed by atoms with Gasteiger partial charge >= 0.3 is 0 Å². The van der Waals surface area contributed by atoms with E-state index in [-0.39, 0.29) is 41.5 Å². The summed E-state index contributed by atoms with van der Waals surface area (Å²) in [4.78, 5) is 67.3. The molecule has 4 aromatic heterocycles. The normalized spacial score (nSPS) is 18.3. The van der Waals surface area contributed by atoms with E-state index >= 15 is 0 Å². The number of pyridine rings is 2. The summed E-state index contributed by atoms with van der Waals surface area (Å²) >= 11 is 9.02. The molecule has 2 unspecified atom stereocenters. The Morgan fingerprint density at radius 2 is 1.38 bits per heavy atom. The van der Waals surface area contributed by atoms with E-state index in [1.165, 1.54) is 22.7 Å². The Balaban J connectivity index is 0.787. The smallest absolute Gasteiger partial charge is 0.276 e. The summed E-state index contributed by atoms with van der Waals surface area (Å²) in [6, 6.07) is 21.0. The molecule has 66 heavy (non-hydrogen) atoms. The van der Waals surface area contributed by atoms with Gasteiger partial charge < -0.3 is 24.5 Å². The molecule has 3 fully saturated rings. The van der Waals surface area contributed by atoms with Crippen LogP contribution in [-0.2, 0) is 16.1 Å². The van der Waals surface area contributed by atoms with Crippen molar-refractivity contribution in [2.75, 3.05) is 80.4 Å². The third kappa shape index (κ3) is 10.1. The minimum atomic E-state index is -0.346. The number of aliphatic hydroxyl groups excluding tert-OH is 1. The van der Waals surface area contributed by atoms with Gasteiger partial charge in [-0.1, -0.05) is 48.0 Å². The van der Waals surface area contributed by atoms with Crippen molar-refractivity contribution in [2.24, 2.45) is 5.92 Å². The Morgan fingerprint density at radius 3 is 1.98 bits per heavy atom. The topological polar surface area (TPSA) is 169 Å². The highest BCUT2D eigenvalue weighted by molar-refractivity contribution is 7.14. The van der Waals surface area contributed by atoms with Gasteiger partial charge in [0.05, 0.1) is 53.8 Å². The third-order valence-electron chi connectivity index (χ3n) is 12.6. The molecule has 3 N–H and O–H groups in total. The molecule has 3 saturated heterocycles. The molecule has 15 nitrogen and oxygen atoms in total. The molecular formula is C48H51ClN10O5S2. The van der Waals surface area contributed by atoms with Gasteiger partial charge in [0.2, 0.25) is 5.91 Å². The van der Waals surface area contributed by atoms with Crippen LogP contribution in [0.3, 0.4) is 0 Å². The predicted molar refractivity (Wildman–Crippen MR) is 260 cm³/mol. The number of ether oxygens (including phenoxy) is 1. The summed E-state index contributed by atoms with van der Waals surface area (Å²) in [6.45, 7) is 5.04. The summed E-state index contributed by atoms with van der Waals surface area (Å²) in [7, 11) is 3.76. The Morgan fingerprint density at radius 1 is 0.758 bits per heavy atom. The van der Waals surface area contributed by atoms with Crippen LogP contribution in [-0.4, -0.2) is 119 Å². The van der Waals surface area contributed by atoms with Crippen molar-refractivity contribution in [1.82, 2.24) is 29.7 Å². The number of carbonyl (C=O) groups excluding carboxylic acids is 3. The summed E-state index contributed by atoms with van der Waals surface area (Å²) in [5.41, 5.74) is 7.75. The van der Waals surface area contributed by atoms with Gasteiger partial charge in [-0.3, -0.25) is 29.9 Å². The number of hydrogen-bond donors (Lipinski definition) is 3. The first-order valence-electron chi connectivity index (χ1n) is 22.1. The molecule has 9 rings (SSSR count). The number of nitrogens with zero attached hydrogens (tertiary/aromatic N) is 8. The molecule has 0 radical (unpaired) electrons. The summed E-state index contributed by atoms with van der Waals surface area (Å²) in [6.07, 6.45) is 6.13. The summed E-state index contributed by atoms with van der Waals surface area (Å²) in [5.74, 6) is -0.634. The standard InChI is InChI=1S/C48H51ClN10O5S2/c1-56-26-30(46(63)59-22-20-58(21-23-59)33-12-14-39(51-25-33)44(61)54-47-52-40(28-65-47)35-7-3-4-9-37(35)49)10-15-42(56)36-8-5-6-31(27-64-2)43(36)41-29-66-48(53-41)55-45(62)38-13-11-32(24-50-38)57-18-16-34(60)17-19-57/h3-9,11-14,24-25,28-30,34,42,60H,10,15-23,26-27H2,1-2H3,(H,52,54,61)(H,53,55,62). The van der Waals surface area contributed by atoms with Crippen molar-refractivity contribution in [3.8, 4) is 22.5 Å². The van der Waals surface area contributed by atoms with Crippen molar-refractivity contribution < 1.29 is 24.2 Å². The maximum absolute atomic E-state index is 14.0. The maximum Gasteiger partial charge on any atom is 0.276 e. The van der Waals surface area contributed by atoms with Gasteiger partial charge in [-0.05, 0) is 74.2 Å². The molecule has 0 spiro atoms. The van der Waals surface area contributed by atoms with Crippen LogP contribution in [0, 0.1) is 5.92 Å². The Labute approximate surface area is 396 Å². The molecule has 3 amide bonds. The fourth-order valence-corrected chi connectivity index (χ4v) is 10.7. The van der Waals surface area contributed by atoms with E-state index < -0.39 is 0 Å². The summed E-state index contributed by atoms with van der Waals surface area (Å²) < 4.78 is 5.64. The highest BCUT2D eigenvalue weighted by Crippen LogP contribution is 2.41. The fraction of sp³-hybridized carbons (Fsp3) is 0.354. The molecule has 0 aliphatic carbocycles. The van der Waals surface area contributed by atoms with Crippen LogP contribution in [0.25, 0.3) is 22.5 Å². The monoisotopic (exact) mass is 946 g/mol. The number of anilines is 4. The lowest BCUT2D eigenvalue weighted by Crippen LogP contribution is -2.52. The molecule has 3 aliphatic rings. The number of methoxy groups -OCH3 is 1. The molecule has 2 atom stereocenters. The number of piperidine rings is 2. The van der Waals surface area contributed by atoms with Crippen molar-refractivity contribution in [3.63, 3.8) is 0 Å². The molecule has 3 aliphatic heterocycles. The van der Waals surface area contributed by atoms with Crippen molar-refractivity contribution in [3.05, 3.63) is 117 Å². The Kier molecular flexibility index (Phi) is 14.0. The number of aromatic nitrogens is 4. The number of rotatable bonds is 12. The van der Waals surface area contributed by atoms with E-state index in [1.807, 2.05) is 58.1 Å². The molecule has 0 saturated carbocycles. The van der Waals surface area contributed by atoms with Crippen LogP contribution in [0.1, 0.15) is 63.8 Å². The Bertz CT molecular complexity index is 2660. The second-order valence-electron chi connectivity index (χ2n) is 16.8. The molecule has 342 valence electrons. The van der Waals surface area contributed by atoms with E-state index in [1.54, 1.807) is 37.7 Å². The number of likely N-dealkylation sites (tertiary alicyclic amines) is 1. The number of aliphatic hydroxyl groups is 1. The van der Waals surface area contributed by atoms with Gasteiger partial charge in [-0.2, -0.15) is 0 Å². The molecular weight excluding hydrogens is 896 g/mol. The number of nitrogens with one attached hydrogen (secondary N) is 2. The van der Waals surface area contributed by atoms with Crippen molar-refractivity contribution in [1.29, 1.82) is 0 Å². The third-order valence-corrected chi connectivity index (χ3v) is 14.5. The van der Waals surface area contributed by atoms with E-state index in [2.05, 4.69) is 53.4 Å². The van der Waals surface area contributed by atoms with Crippen LogP contribution in [0.2, 0.25) is 5.02 Å². The second kappa shape index (κ2) is 20.4. The molecule has 0 bridgehead atoms. The van der Waals surface area contributed by atoms with E-state index in [0.717, 1.165) is 65.3 Å². The van der Waals surface area contributed by atoms with Gasteiger partial charge in [-0.25, -0.2) is 19.9 Å². The largest absolute Gasteiger partial charge is 0.393 e. The predicted octanol–water partition coefficient (Wildman–Crippen LogP) is 7.72. The van der Waals surface area contributed by atoms with Gasteiger partial charge in [-0.15, -0.1) is 22.7 Å². The van der Waals surface area contributed by atoms with Gasteiger partial charge in [0, 0.05) is 85.9 Å². The molecule has 6 aromatic rings. The molecule has 2 aromatic carbocycles. The Hall–Kier alpha value is -5.82.